The minimum Gasteiger partial charge on any atom is -0.492 e. The number of ether oxygens (including phenoxy) is 1. The van der Waals surface area contributed by atoms with Crippen LogP contribution in [0, 0.1) is 0 Å². The number of amides is 1. The number of piperidine rings is 1. The van der Waals surface area contributed by atoms with Crippen LogP contribution in [-0.2, 0) is 11.2 Å². The normalized spacial score (nSPS) is 14.7. The van der Waals surface area contributed by atoms with Crippen LogP contribution in [0.15, 0.2) is 78.9 Å². The van der Waals surface area contributed by atoms with Gasteiger partial charge in [0, 0.05) is 18.5 Å². The molecule has 0 aromatic heterocycles. The van der Waals surface area contributed by atoms with Crippen molar-refractivity contribution in [1.29, 1.82) is 0 Å². The molecule has 3 aromatic carbocycles. The highest BCUT2D eigenvalue weighted by atomic mass is 16.5. The van der Waals surface area contributed by atoms with Crippen LogP contribution in [0.1, 0.15) is 35.2 Å². The maximum atomic E-state index is 12.7. The molecule has 1 aliphatic heterocycles. The SMILES string of the molecule is O=C(NC(Cc1ccccc1)C(=O)O)c1ccc(-c2ccc(OCCN3CCCCC3)cc2)cc1. The molecule has 1 amide bonds. The number of hydrogen-bond acceptors (Lipinski definition) is 4. The summed E-state index contributed by atoms with van der Waals surface area (Å²) in [6.45, 7) is 3.98. The van der Waals surface area contributed by atoms with E-state index < -0.39 is 17.9 Å². The van der Waals surface area contributed by atoms with E-state index in [1.165, 1.54) is 32.4 Å². The third-order valence-electron chi connectivity index (χ3n) is 6.35. The van der Waals surface area contributed by atoms with E-state index >= 15 is 0 Å². The molecule has 0 bridgehead atoms. The number of carbonyl (C=O) groups is 2. The van der Waals surface area contributed by atoms with Crippen molar-refractivity contribution < 1.29 is 19.4 Å². The lowest BCUT2D eigenvalue weighted by molar-refractivity contribution is -0.139. The molecule has 182 valence electrons. The minimum atomic E-state index is -1.06. The van der Waals surface area contributed by atoms with Crippen molar-refractivity contribution in [1.82, 2.24) is 10.2 Å². The Morgan fingerprint density at radius 1 is 0.857 bits per heavy atom. The monoisotopic (exact) mass is 472 g/mol. The Morgan fingerprint density at radius 3 is 2.11 bits per heavy atom. The van der Waals surface area contributed by atoms with Gasteiger partial charge in [0.05, 0.1) is 0 Å². The zero-order valence-corrected chi connectivity index (χ0v) is 19.9. The van der Waals surface area contributed by atoms with Gasteiger partial charge in [-0.2, -0.15) is 0 Å². The van der Waals surface area contributed by atoms with Gasteiger partial charge in [0.1, 0.15) is 18.4 Å². The summed E-state index contributed by atoms with van der Waals surface area (Å²) in [4.78, 5) is 26.8. The molecule has 0 radical (unpaired) electrons. The molecular weight excluding hydrogens is 440 g/mol. The number of nitrogens with zero attached hydrogens (tertiary/aromatic N) is 1. The summed E-state index contributed by atoms with van der Waals surface area (Å²) in [5.41, 5.74) is 3.27. The number of aliphatic carboxylic acids is 1. The number of carboxylic acids is 1. The second-order valence-electron chi connectivity index (χ2n) is 8.91. The van der Waals surface area contributed by atoms with E-state index in [2.05, 4.69) is 10.2 Å². The standard InChI is InChI=1S/C29H32N2O4/c32-28(30-27(29(33)34)21-22-7-3-1-4-8-22)25-11-9-23(10-12-25)24-13-15-26(16-14-24)35-20-19-31-17-5-2-6-18-31/h1,3-4,7-16,27H,2,5-6,17-21H2,(H,30,32)(H,33,34). The molecule has 1 saturated heterocycles. The molecule has 0 aliphatic carbocycles. The van der Waals surface area contributed by atoms with Gasteiger partial charge in [0.2, 0.25) is 0 Å². The van der Waals surface area contributed by atoms with Crippen molar-refractivity contribution in [3.63, 3.8) is 0 Å². The average molecular weight is 473 g/mol. The van der Waals surface area contributed by atoms with Crippen molar-refractivity contribution in [3.05, 3.63) is 90.0 Å². The van der Waals surface area contributed by atoms with Gasteiger partial charge in [-0.05, 0) is 66.9 Å². The zero-order valence-electron chi connectivity index (χ0n) is 19.9. The van der Waals surface area contributed by atoms with Gasteiger partial charge in [0.25, 0.3) is 5.91 Å². The van der Waals surface area contributed by atoms with E-state index in [0.29, 0.717) is 12.2 Å². The van der Waals surface area contributed by atoms with Gasteiger partial charge >= 0.3 is 5.97 Å². The smallest absolute Gasteiger partial charge is 0.326 e. The Bertz CT molecular complexity index is 1090. The molecule has 6 nitrogen and oxygen atoms in total. The van der Waals surface area contributed by atoms with Crippen molar-refractivity contribution in [2.24, 2.45) is 0 Å². The van der Waals surface area contributed by atoms with Gasteiger partial charge in [0.15, 0.2) is 0 Å². The number of rotatable bonds is 10. The third kappa shape index (κ3) is 7.17. The summed E-state index contributed by atoms with van der Waals surface area (Å²) in [7, 11) is 0. The van der Waals surface area contributed by atoms with E-state index in [-0.39, 0.29) is 6.42 Å². The molecule has 35 heavy (non-hydrogen) atoms. The van der Waals surface area contributed by atoms with Crippen molar-refractivity contribution in [2.75, 3.05) is 26.2 Å². The lowest BCUT2D eigenvalue weighted by Crippen LogP contribution is -2.42. The Hall–Kier alpha value is -3.64. The van der Waals surface area contributed by atoms with Crippen LogP contribution in [0.25, 0.3) is 11.1 Å². The van der Waals surface area contributed by atoms with Crippen LogP contribution in [-0.4, -0.2) is 54.2 Å². The average Bonchev–Trinajstić information content (AvgIpc) is 2.90. The van der Waals surface area contributed by atoms with E-state index in [1.807, 2.05) is 66.7 Å². The molecule has 1 atom stereocenters. The van der Waals surface area contributed by atoms with Crippen molar-refractivity contribution in [3.8, 4) is 16.9 Å². The summed E-state index contributed by atoms with van der Waals surface area (Å²) < 4.78 is 5.91. The fourth-order valence-electron chi connectivity index (χ4n) is 4.32. The number of hydrogen-bond donors (Lipinski definition) is 2. The molecule has 0 saturated carbocycles. The molecule has 2 N–H and O–H groups in total. The van der Waals surface area contributed by atoms with Gasteiger partial charge in [-0.3, -0.25) is 9.69 Å². The Labute approximate surface area is 206 Å². The molecule has 4 rings (SSSR count). The summed E-state index contributed by atoms with van der Waals surface area (Å²) in [5, 5.41) is 12.2. The highest BCUT2D eigenvalue weighted by Gasteiger charge is 2.21. The molecule has 0 spiro atoms. The number of nitrogens with one attached hydrogen (secondary N) is 1. The summed E-state index contributed by atoms with van der Waals surface area (Å²) in [6, 6.07) is 23.4. The van der Waals surface area contributed by atoms with Gasteiger partial charge in [-0.15, -0.1) is 0 Å². The fourth-order valence-corrected chi connectivity index (χ4v) is 4.32. The zero-order chi connectivity index (χ0) is 24.5. The van der Waals surface area contributed by atoms with Gasteiger partial charge in [-0.25, -0.2) is 4.79 Å². The summed E-state index contributed by atoms with van der Waals surface area (Å²) in [5.74, 6) is -0.616. The number of benzene rings is 3. The first-order valence-corrected chi connectivity index (χ1v) is 12.2. The molecule has 6 heteroatoms. The number of likely N-dealkylation sites (tertiary alicyclic amines) is 1. The minimum absolute atomic E-state index is 0.229. The molecular formula is C29H32N2O4. The van der Waals surface area contributed by atoms with E-state index in [0.717, 1.165) is 29.0 Å². The quantitative estimate of drug-likeness (QED) is 0.449. The molecule has 3 aromatic rings. The molecule has 1 aliphatic rings. The van der Waals surface area contributed by atoms with Crippen LogP contribution < -0.4 is 10.1 Å². The second kappa shape index (κ2) is 12.2. The van der Waals surface area contributed by atoms with Crippen LogP contribution in [0.4, 0.5) is 0 Å². The van der Waals surface area contributed by atoms with E-state index in [1.54, 1.807) is 12.1 Å². The van der Waals surface area contributed by atoms with Gasteiger partial charge in [-0.1, -0.05) is 61.0 Å². The van der Waals surface area contributed by atoms with E-state index in [9.17, 15) is 14.7 Å². The molecule has 1 unspecified atom stereocenters. The number of carbonyl (C=O) groups excluding carboxylic acids is 1. The molecule has 1 fully saturated rings. The summed E-state index contributed by atoms with van der Waals surface area (Å²) >= 11 is 0. The second-order valence-corrected chi connectivity index (χ2v) is 8.91. The molecule has 1 heterocycles. The highest BCUT2D eigenvalue weighted by molar-refractivity contribution is 5.97. The van der Waals surface area contributed by atoms with Crippen LogP contribution in [0.2, 0.25) is 0 Å². The highest BCUT2D eigenvalue weighted by Crippen LogP contribution is 2.23. The predicted molar refractivity (Wildman–Crippen MR) is 137 cm³/mol. The maximum absolute atomic E-state index is 12.7. The largest absolute Gasteiger partial charge is 0.492 e. The Balaban J connectivity index is 1.31. The van der Waals surface area contributed by atoms with Gasteiger partial charge < -0.3 is 15.2 Å². The van der Waals surface area contributed by atoms with Crippen LogP contribution >= 0.6 is 0 Å². The summed E-state index contributed by atoms with van der Waals surface area (Å²) in [6.07, 6.45) is 4.12. The third-order valence-corrected chi connectivity index (χ3v) is 6.35. The maximum Gasteiger partial charge on any atom is 0.326 e. The van der Waals surface area contributed by atoms with Crippen LogP contribution in [0.3, 0.4) is 0 Å². The lowest BCUT2D eigenvalue weighted by atomic mass is 10.0. The Morgan fingerprint density at radius 2 is 1.49 bits per heavy atom. The first kappa shape index (κ1) is 24.5. The topological polar surface area (TPSA) is 78.9 Å². The van der Waals surface area contributed by atoms with E-state index in [4.69, 9.17) is 4.74 Å². The first-order chi connectivity index (χ1) is 17.1. The van der Waals surface area contributed by atoms with Crippen molar-refractivity contribution >= 4 is 11.9 Å². The number of carboxylic acid groups (broad SMARTS) is 1. The Kier molecular flexibility index (Phi) is 8.52. The first-order valence-electron chi connectivity index (χ1n) is 12.2. The van der Waals surface area contributed by atoms with Crippen LogP contribution in [0.5, 0.6) is 5.75 Å². The fraction of sp³-hybridized carbons (Fsp3) is 0.310. The predicted octanol–water partition coefficient (Wildman–Crippen LogP) is 4.64. The van der Waals surface area contributed by atoms with Crippen molar-refractivity contribution in [2.45, 2.75) is 31.7 Å². The lowest BCUT2D eigenvalue weighted by Gasteiger charge is -2.26.